The molecule has 0 bridgehead atoms. The van der Waals surface area contributed by atoms with Crippen molar-refractivity contribution in [1.29, 1.82) is 0 Å². The van der Waals surface area contributed by atoms with Gasteiger partial charge in [0.25, 0.3) is 0 Å². The lowest BCUT2D eigenvalue weighted by Crippen LogP contribution is -2.47. The first-order chi connectivity index (χ1) is 25.8. The van der Waals surface area contributed by atoms with Gasteiger partial charge in [0, 0.05) is 80.1 Å². The molecular formula is C40H45Cl2FN6O5. The minimum absolute atomic E-state index is 0.0415. The molecule has 0 saturated carbocycles. The predicted molar refractivity (Wildman–Crippen MR) is 208 cm³/mol. The maximum Gasteiger partial charge on any atom is 0.410 e. The lowest BCUT2D eigenvalue weighted by molar-refractivity contribution is -0.119. The van der Waals surface area contributed by atoms with E-state index in [1.54, 1.807) is 69.3 Å². The number of aromatic nitrogens is 2. The number of carbonyl (C=O) groups excluding carboxylic acids is 2. The number of benzene rings is 2. The zero-order chi connectivity index (χ0) is 38.6. The summed E-state index contributed by atoms with van der Waals surface area (Å²) in [7, 11) is 3.20. The van der Waals surface area contributed by atoms with Crippen LogP contribution in [0.25, 0.3) is 22.5 Å². The molecular weight excluding hydrogens is 734 g/mol. The molecule has 2 aliphatic heterocycles. The van der Waals surface area contributed by atoms with Crippen molar-refractivity contribution in [2.45, 2.75) is 58.3 Å². The van der Waals surface area contributed by atoms with Crippen LogP contribution >= 0.6 is 23.2 Å². The highest BCUT2D eigenvalue weighted by Crippen LogP contribution is 2.41. The summed E-state index contributed by atoms with van der Waals surface area (Å²) in [6, 6.07) is 15.9. The van der Waals surface area contributed by atoms with Gasteiger partial charge in [-0.05, 0) is 51.5 Å². The molecule has 1 atom stereocenters. The van der Waals surface area contributed by atoms with Crippen LogP contribution in [0.3, 0.4) is 0 Å². The molecule has 2 amide bonds. The van der Waals surface area contributed by atoms with Crippen LogP contribution in [-0.4, -0.2) is 83.9 Å². The van der Waals surface area contributed by atoms with E-state index in [9.17, 15) is 9.59 Å². The number of carbonyl (C=O) groups is 2. The van der Waals surface area contributed by atoms with Crippen LogP contribution < -0.4 is 15.4 Å². The average Bonchev–Trinajstić information content (AvgIpc) is 3.53. The number of pyridine rings is 2. The van der Waals surface area contributed by atoms with Crippen LogP contribution in [0.2, 0.25) is 10.0 Å². The maximum atomic E-state index is 15.7. The summed E-state index contributed by atoms with van der Waals surface area (Å²) in [5, 5.41) is 6.71. The zero-order valence-corrected chi connectivity index (χ0v) is 32.6. The number of rotatable bonds is 13. The minimum atomic E-state index is -0.709. The Labute approximate surface area is 325 Å². The summed E-state index contributed by atoms with van der Waals surface area (Å²) in [6.07, 6.45) is 2.12. The molecule has 2 saturated heterocycles. The van der Waals surface area contributed by atoms with Gasteiger partial charge in [0.1, 0.15) is 5.60 Å². The molecule has 2 aliphatic rings. The predicted octanol–water partition coefficient (Wildman–Crippen LogP) is 8.10. The Balaban J connectivity index is 1.23. The summed E-state index contributed by atoms with van der Waals surface area (Å²) < 4.78 is 32.3. The van der Waals surface area contributed by atoms with E-state index in [-0.39, 0.29) is 35.9 Å². The van der Waals surface area contributed by atoms with Crippen molar-refractivity contribution in [2.24, 2.45) is 5.92 Å². The van der Waals surface area contributed by atoms with Crippen LogP contribution in [0, 0.1) is 11.7 Å². The van der Waals surface area contributed by atoms with Crippen molar-refractivity contribution in [3.05, 3.63) is 87.8 Å². The third kappa shape index (κ3) is 9.23. The van der Waals surface area contributed by atoms with Crippen molar-refractivity contribution in [3.8, 4) is 28.4 Å². The summed E-state index contributed by atoms with van der Waals surface area (Å²) >= 11 is 14.0. The molecule has 0 spiro atoms. The number of methoxy groups -OCH3 is 2. The Hall–Kier alpha value is -4.49. The number of hydrogen-bond acceptors (Lipinski definition) is 9. The number of nitrogens with zero attached hydrogens (tertiary/aromatic N) is 4. The average molecular weight is 780 g/mol. The van der Waals surface area contributed by atoms with Gasteiger partial charge in [0.15, 0.2) is 5.82 Å². The van der Waals surface area contributed by atoms with Gasteiger partial charge in [-0.15, -0.1) is 0 Å². The van der Waals surface area contributed by atoms with Gasteiger partial charge in [-0.2, -0.15) is 0 Å². The van der Waals surface area contributed by atoms with E-state index in [0.29, 0.717) is 87.8 Å². The fourth-order valence-electron chi connectivity index (χ4n) is 6.70. The molecule has 4 heterocycles. The Morgan fingerprint density at radius 1 is 1.02 bits per heavy atom. The van der Waals surface area contributed by atoms with Crippen LogP contribution in [0.5, 0.6) is 5.88 Å². The Bertz CT molecular complexity index is 2000. The summed E-state index contributed by atoms with van der Waals surface area (Å²) in [5.41, 5.74) is 3.38. The number of anilines is 2. The Morgan fingerprint density at radius 2 is 1.78 bits per heavy atom. The lowest BCUT2D eigenvalue weighted by atomic mass is 10.00. The molecule has 0 aliphatic carbocycles. The van der Waals surface area contributed by atoms with Gasteiger partial charge in [0.2, 0.25) is 11.8 Å². The maximum absolute atomic E-state index is 15.7. The molecule has 4 aromatic rings. The number of nitrogens with one attached hydrogen (secondary N) is 2. The van der Waals surface area contributed by atoms with Gasteiger partial charge in [-0.25, -0.2) is 14.2 Å². The first-order valence-electron chi connectivity index (χ1n) is 17.8. The van der Waals surface area contributed by atoms with Gasteiger partial charge in [0.05, 0.1) is 53.1 Å². The van der Waals surface area contributed by atoms with Crippen LogP contribution in [0.1, 0.15) is 44.7 Å². The molecule has 14 heteroatoms. The molecule has 2 N–H and O–H groups in total. The van der Waals surface area contributed by atoms with Gasteiger partial charge < -0.3 is 29.7 Å². The van der Waals surface area contributed by atoms with Gasteiger partial charge in [-0.3, -0.25) is 14.7 Å². The SMILES string of the molecule is COCC1CN(Cc2cccc(Nc3ccnc(-c4cccc(-c5ccc(CN(C[C@@H]6CCC(=O)N6)C(=O)OC(C)(C)C)c(OC)n5)c4Cl)c3Cl)c2F)C1. The molecule has 0 radical (unpaired) electrons. The second-order valence-corrected chi connectivity index (χ2v) is 15.4. The van der Waals surface area contributed by atoms with Gasteiger partial charge >= 0.3 is 6.09 Å². The van der Waals surface area contributed by atoms with E-state index in [1.807, 2.05) is 24.3 Å². The number of likely N-dealkylation sites (tertiary alicyclic amines) is 1. The molecule has 286 valence electrons. The molecule has 2 aromatic heterocycles. The quantitative estimate of drug-likeness (QED) is 0.139. The third-order valence-electron chi connectivity index (χ3n) is 9.27. The summed E-state index contributed by atoms with van der Waals surface area (Å²) in [4.78, 5) is 38.2. The van der Waals surface area contributed by atoms with Crippen LogP contribution in [0.15, 0.2) is 60.8 Å². The van der Waals surface area contributed by atoms with Crippen molar-refractivity contribution in [2.75, 3.05) is 45.8 Å². The van der Waals surface area contributed by atoms with Gasteiger partial charge in [-0.1, -0.05) is 53.5 Å². The van der Waals surface area contributed by atoms with E-state index < -0.39 is 11.7 Å². The van der Waals surface area contributed by atoms with Crippen LogP contribution in [0.4, 0.5) is 20.6 Å². The second kappa shape index (κ2) is 16.9. The molecule has 2 fully saturated rings. The molecule has 54 heavy (non-hydrogen) atoms. The van der Waals surface area contributed by atoms with E-state index in [0.717, 1.165) is 13.1 Å². The largest absolute Gasteiger partial charge is 0.481 e. The first-order valence-corrected chi connectivity index (χ1v) is 18.6. The molecule has 11 nitrogen and oxygen atoms in total. The third-order valence-corrected chi connectivity index (χ3v) is 10.1. The highest BCUT2D eigenvalue weighted by atomic mass is 35.5. The highest BCUT2D eigenvalue weighted by molar-refractivity contribution is 6.39. The molecule has 6 rings (SSSR count). The van der Waals surface area contributed by atoms with E-state index in [1.165, 1.54) is 7.11 Å². The lowest BCUT2D eigenvalue weighted by Gasteiger charge is -2.39. The van der Waals surface area contributed by atoms with Crippen molar-refractivity contribution in [3.63, 3.8) is 0 Å². The topological polar surface area (TPSA) is 118 Å². The second-order valence-electron chi connectivity index (χ2n) is 14.6. The fourth-order valence-corrected chi connectivity index (χ4v) is 7.28. The van der Waals surface area contributed by atoms with E-state index in [2.05, 4.69) is 20.5 Å². The van der Waals surface area contributed by atoms with Crippen molar-refractivity contribution >= 4 is 46.6 Å². The number of halogens is 3. The summed E-state index contributed by atoms with van der Waals surface area (Å²) in [6.45, 7) is 8.76. The molecule has 0 unspecified atom stereocenters. The first kappa shape index (κ1) is 39.2. The van der Waals surface area contributed by atoms with Crippen molar-refractivity contribution in [1.82, 2.24) is 25.1 Å². The minimum Gasteiger partial charge on any atom is -0.481 e. The monoisotopic (exact) mass is 778 g/mol. The Kier molecular flexibility index (Phi) is 12.3. The zero-order valence-electron chi connectivity index (χ0n) is 31.0. The highest BCUT2D eigenvalue weighted by Gasteiger charge is 2.30. The number of amides is 2. The van der Waals surface area contributed by atoms with Crippen LogP contribution in [-0.2, 0) is 27.4 Å². The summed E-state index contributed by atoms with van der Waals surface area (Å²) in [5.74, 6) is 0.385. The Morgan fingerprint density at radius 3 is 2.48 bits per heavy atom. The standard InChI is InChI=1S/C40H45Cl2FN6O5/c1-40(2,3)54-39(51)49(22-27-13-15-33(50)45-27)21-26-12-14-30(47-38(26)53-5)28-9-7-10-29(34(28)41)37-35(42)31(16-17-44-37)46-32-11-6-8-25(36(32)43)20-48-18-24(19-48)23-52-4/h6-12,14,16-17,24,27H,13,15,18-23H2,1-5H3,(H,44,46)(H,45,50)/t27-/m0/s1. The van der Waals surface area contributed by atoms with E-state index >= 15 is 4.39 Å². The van der Waals surface area contributed by atoms with Crippen molar-refractivity contribution < 1.29 is 28.2 Å². The smallest absolute Gasteiger partial charge is 0.410 e. The number of hydrogen-bond donors (Lipinski definition) is 2. The molecule has 2 aromatic carbocycles. The fraction of sp³-hybridized carbons (Fsp3) is 0.400. The number of ether oxygens (including phenoxy) is 3. The van der Waals surface area contributed by atoms with E-state index in [4.69, 9.17) is 42.4 Å². The normalized spacial score (nSPS) is 16.1.